The molecule has 3 aromatic carbocycles. The second-order valence-electron chi connectivity index (χ2n) is 9.26. The number of rotatable bonds is 13. The summed E-state index contributed by atoms with van der Waals surface area (Å²) in [7, 11) is 1.69. The summed E-state index contributed by atoms with van der Waals surface area (Å²) in [5.41, 5.74) is 3.68. The van der Waals surface area contributed by atoms with Crippen LogP contribution in [0.25, 0.3) is 0 Å². The molecule has 0 spiro atoms. The molecule has 0 aromatic heterocycles. The number of ether oxygens (including phenoxy) is 4. The van der Waals surface area contributed by atoms with E-state index in [0.717, 1.165) is 50.2 Å². The number of aryl methyl sites for hydroxylation is 1. The maximum Gasteiger partial charge on any atom is 0.161 e. The molecule has 36 heavy (non-hydrogen) atoms. The summed E-state index contributed by atoms with van der Waals surface area (Å²) in [4.78, 5) is 0. The maximum absolute atomic E-state index is 6.42. The fourth-order valence-electron chi connectivity index (χ4n) is 4.61. The van der Waals surface area contributed by atoms with E-state index in [2.05, 4.69) is 72.9 Å². The molecule has 0 aliphatic carbocycles. The standard InChI is InChI=1S/C31H39NO4/c1-3-12-24-18-19-28(29(21-24)33-2)35-23-27(36-30-17-10-11-20-34-30)22-32-31(25-13-6-4-7-14-25)26-15-8-5-9-16-26/h4-9,13-16,18-19,21,27,30-32H,3,10-12,17,20,22-23H2,1-2H3. The smallest absolute Gasteiger partial charge is 0.161 e. The van der Waals surface area contributed by atoms with Crippen molar-refractivity contribution in [3.63, 3.8) is 0 Å². The van der Waals surface area contributed by atoms with Crippen molar-refractivity contribution in [1.82, 2.24) is 5.32 Å². The zero-order chi connectivity index (χ0) is 25.0. The van der Waals surface area contributed by atoms with Crippen LogP contribution in [-0.2, 0) is 15.9 Å². The largest absolute Gasteiger partial charge is 0.493 e. The summed E-state index contributed by atoms with van der Waals surface area (Å²) in [6.07, 6.45) is 4.84. The molecule has 0 radical (unpaired) electrons. The normalized spacial score (nSPS) is 16.6. The second-order valence-corrected chi connectivity index (χ2v) is 9.26. The Morgan fingerprint density at radius 3 is 2.25 bits per heavy atom. The van der Waals surface area contributed by atoms with E-state index in [0.29, 0.717) is 13.2 Å². The molecule has 5 heteroatoms. The van der Waals surface area contributed by atoms with Crippen LogP contribution in [0.3, 0.4) is 0 Å². The first kappa shape index (κ1) is 26.2. The van der Waals surface area contributed by atoms with Crippen LogP contribution in [0.1, 0.15) is 55.3 Å². The van der Waals surface area contributed by atoms with Crippen LogP contribution < -0.4 is 14.8 Å². The van der Waals surface area contributed by atoms with Gasteiger partial charge in [0.15, 0.2) is 17.8 Å². The predicted octanol–water partition coefficient (Wildman–Crippen LogP) is 6.32. The van der Waals surface area contributed by atoms with Gasteiger partial charge in [-0.1, -0.05) is 80.1 Å². The zero-order valence-corrected chi connectivity index (χ0v) is 21.5. The fraction of sp³-hybridized carbons (Fsp3) is 0.419. The molecule has 0 bridgehead atoms. The molecule has 1 fully saturated rings. The Hall–Kier alpha value is -2.86. The lowest BCUT2D eigenvalue weighted by Crippen LogP contribution is -2.40. The van der Waals surface area contributed by atoms with E-state index in [1.165, 1.54) is 16.7 Å². The van der Waals surface area contributed by atoms with Crippen molar-refractivity contribution < 1.29 is 18.9 Å². The summed E-state index contributed by atoms with van der Waals surface area (Å²) >= 11 is 0. The molecule has 1 aliphatic heterocycles. The van der Waals surface area contributed by atoms with Crippen molar-refractivity contribution in [2.45, 2.75) is 57.5 Å². The zero-order valence-electron chi connectivity index (χ0n) is 21.5. The summed E-state index contributed by atoms with van der Waals surface area (Å²) < 4.78 is 24.2. The van der Waals surface area contributed by atoms with Gasteiger partial charge in [-0.05, 0) is 54.5 Å². The minimum atomic E-state index is -0.199. The van der Waals surface area contributed by atoms with E-state index >= 15 is 0 Å². The molecular formula is C31H39NO4. The number of hydrogen-bond donors (Lipinski definition) is 1. The highest BCUT2D eigenvalue weighted by molar-refractivity contribution is 5.43. The van der Waals surface area contributed by atoms with E-state index in [1.54, 1.807) is 7.11 Å². The van der Waals surface area contributed by atoms with Gasteiger partial charge in [0.2, 0.25) is 0 Å². The molecule has 0 amide bonds. The van der Waals surface area contributed by atoms with Crippen molar-refractivity contribution in [3.8, 4) is 11.5 Å². The van der Waals surface area contributed by atoms with Gasteiger partial charge in [-0.3, -0.25) is 0 Å². The highest BCUT2D eigenvalue weighted by atomic mass is 16.7. The SMILES string of the molecule is CCCc1ccc(OCC(CNC(c2ccccc2)c2ccccc2)OC2CCCCO2)c(OC)c1. The maximum atomic E-state index is 6.42. The summed E-state index contributed by atoms with van der Waals surface area (Å²) in [5, 5.41) is 3.74. The molecule has 0 saturated carbocycles. The van der Waals surface area contributed by atoms with Gasteiger partial charge in [-0.15, -0.1) is 0 Å². The number of benzene rings is 3. The average molecular weight is 490 g/mol. The van der Waals surface area contributed by atoms with Gasteiger partial charge in [0.25, 0.3) is 0 Å². The molecule has 2 unspecified atom stereocenters. The topological polar surface area (TPSA) is 49.0 Å². The Kier molecular flexibility index (Phi) is 10.2. The Morgan fingerprint density at radius 1 is 0.917 bits per heavy atom. The Bertz CT molecular complexity index is 982. The Morgan fingerprint density at radius 2 is 1.64 bits per heavy atom. The van der Waals surface area contributed by atoms with Crippen molar-refractivity contribution in [2.75, 3.05) is 26.9 Å². The molecule has 1 aliphatic rings. The molecule has 5 nitrogen and oxygen atoms in total. The quantitative estimate of drug-likeness (QED) is 0.305. The van der Waals surface area contributed by atoms with E-state index in [-0.39, 0.29) is 18.4 Å². The third kappa shape index (κ3) is 7.57. The third-order valence-electron chi connectivity index (χ3n) is 6.49. The van der Waals surface area contributed by atoms with E-state index in [4.69, 9.17) is 18.9 Å². The van der Waals surface area contributed by atoms with Gasteiger partial charge in [-0.2, -0.15) is 0 Å². The van der Waals surface area contributed by atoms with Gasteiger partial charge in [0.05, 0.1) is 13.2 Å². The van der Waals surface area contributed by atoms with Crippen LogP contribution >= 0.6 is 0 Å². The Balaban J connectivity index is 1.48. The van der Waals surface area contributed by atoms with Gasteiger partial charge >= 0.3 is 0 Å². The summed E-state index contributed by atoms with van der Waals surface area (Å²) in [6.45, 7) is 3.93. The van der Waals surface area contributed by atoms with Crippen molar-refractivity contribution >= 4 is 0 Å². The van der Waals surface area contributed by atoms with Crippen molar-refractivity contribution in [1.29, 1.82) is 0 Å². The van der Waals surface area contributed by atoms with Crippen LogP contribution in [0.2, 0.25) is 0 Å². The highest BCUT2D eigenvalue weighted by Gasteiger charge is 2.23. The van der Waals surface area contributed by atoms with Crippen LogP contribution in [0.15, 0.2) is 78.9 Å². The number of hydrogen-bond acceptors (Lipinski definition) is 5. The average Bonchev–Trinajstić information content (AvgIpc) is 2.94. The fourth-order valence-corrected chi connectivity index (χ4v) is 4.61. The lowest BCUT2D eigenvalue weighted by molar-refractivity contribution is -0.192. The molecule has 3 aromatic rings. The van der Waals surface area contributed by atoms with Crippen molar-refractivity contribution in [3.05, 3.63) is 95.6 Å². The van der Waals surface area contributed by atoms with Gasteiger partial charge in [0, 0.05) is 13.2 Å². The van der Waals surface area contributed by atoms with Crippen molar-refractivity contribution in [2.24, 2.45) is 0 Å². The molecular weight excluding hydrogens is 450 g/mol. The minimum absolute atomic E-state index is 0.0497. The third-order valence-corrected chi connectivity index (χ3v) is 6.49. The minimum Gasteiger partial charge on any atom is -0.493 e. The second kappa shape index (κ2) is 14.0. The Labute approximate surface area is 215 Å². The van der Waals surface area contributed by atoms with Crippen LogP contribution in [0.4, 0.5) is 0 Å². The molecule has 1 heterocycles. The molecule has 1 N–H and O–H groups in total. The number of nitrogens with one attached hydrogen (secondary N) is 1. The van der Waals surface area contributed by atoms with Crippen LogP contribution in [0.5, 0.6) is 11.5 Å². The summed E-state index contributed by atoms with van der Waals surface area (Å²) in [6, 6.07) is 27.3. The van der Waals surface area contributed by atoms with Gasteiger partial charge in [-0.25, -0.2) is 0 Å². The predicted molar refractivity (Wildman–Crippen MR) is 144 cm³/mol. The molecule has 192 valence electrons. The van der Waals surface area contributed by atoms with Crippen LogP contribution in [-0.4, -0.2) is 39.3 Å². The number of methoxy groups -OCH3 is 1. The first-order valence-corrected chi connectivity index (χ1v) is 13.2. The van der Waals surface area contributed by atoms with Gasteiger partial charge in [0.1, 0.15) is 12.7 Å². The van der Waals surface area contributed by atoms with E-state index < -0.39 is 0 Å². The lowest BCUT2D eigenvalue weighted by atomic mass is 9.98. The van der Waals surface area contributed by atoms with E-state index in [1.807, 2.05) is 18.2 Å². The first-order valence-electron chi connectivity index (χ1n) is 13.2. The lowest BCUT2D eigenvalue weighted by Gasteiger charge is -2.29. The monoisotopic (exact) mass is 489 g/mol. The molecule has 4 rings (SSSR count). The molecule has 1 saturated heterocycles. The first-order chi connectivity index (χ1) is 17.8. The molecule has 2 atom stereocenters. The highest BCUT2D eigenvalue weighted by Crippen LogP contribution is 2.29. The summed E-state index contributed by atoms with van der Waals surface area (Å²) in [5.74, 6) is 1.49. The van der Waals surface area contributed by atoms with Crippen LogP contribution in [0, 0.1) is 0 Å². The van der Waals surface area contributed by atoms with Gasteiger partial charge < -0.3 is 24.3 Å². The van der Waals surface area contributed by atoms with E-state index in [9.17, 15) is 0 Å².